The highest BCUT2D eigenvalue weighted by Crippen LogP contribution is 2.28. The maximum atomic E-state index is 12.2. The van der Waals surface area contributed by atoms with Gasteiger partial charge in [0.1, 0.15) is 0 Å². The molecule has 2 rings (SSSR count). The Kier molecular flexibility index (Phi) is 8.40. The van der Waals surface area contributed by atoms with E-state index in [4.69, 9.17) is 9.47 Å². The Balaban J connectivity index is 2.00. The second-order valence-corrected chi connectivity index (χ2v) is 8.94. The predicted octanol–water partition coefficient (Wildman–Crippen LogP) is 1.99. The second kappa shape index (κ2) is 10.8. The first-order valence-corrected chi connectivity index (χ1v) is 11.0. The van der Waals surface area contributed by atoms with Crippen molar-refractivity contribution in [2.75, 3.05) is 33.1 Å². The summed E-state index contributed by atoms with van der Waals surface area (Å²) in [6.45, 7) is 2.66. The first kappa shape index (κ1) is 24.2. The monoisotopic (exact) mass is 449 g/mol. The third-order valence-corrected chi connectivity index (χ3v) is 6.03. The van der Waals surface area contributed by atoms with Gasteiger partial charge in [0.25, 0.3) is 0 Å². The molecular formula is C21H27N3O6S. The number of ether oxygens (including phenoxy) is 2. The number of sulfonamides is 1. The van der Waals surface area contributed by atoms with Crippen LogP contribution in [-0.2, 0) is 26.2 Å². The molecule has 0 unspecified atom stereocenters. The summed E-state index contributed by atoms with van der Waals surface area (Å²) < 4.78 is 36.4. The highest BCUT2D eigenvalue weighted by atomic mass is 32.2. The standard InChI is InChI=1S/C21H27N3O6S/c1-5-11-30-18-10-9-15(12-19(18)29-4)14-22-20(25)21(26)23-16-7-6-8-17(13-16)31(27,28)24(2)3/h6-10,12-13H,5,11,14H2,1-4H3,(H,22,25)(H,23,26). The summed E-state index contributed by atoms with van der Waals surface area (Å²) >= 11 is 0. The summed E-state index contributed by atoms with van der Waals surface area (Å²) in [6.07, 6.45) is 0.861. The minimum absolute atomic E-state index is 0.00758. The molecule has 0 heterocycles. The number of carbonyl (C=O) groups excluding carboxylic acids is 2. The normalized spacial score (nSPS) is 11.1. The number of hydrogen-bond donors (Lipinski definition) is 2. The average molecular weight is 450 g/mol. The Morgan fingerprint density at radius 2 is 1.77 bits per heavy atom. The fraction of sp³-hybridized carbons (Fsp3) is 0.333. The Hall–Kier alpha value is -3.11. The third kappa shape index (κ3) is 6.43. The topological polar surface area (TPSA) is 114 Å². The summed E-state index contributed by atoms with van der Waals surface area (Å²) in [5, 5.41) is 4.93. The fourth-order valence-corrected chi connectivity index (χ4v) is 3.50. The first-order chi connectivity index (χ1) is 14.7. The van der Waals surface area contributed by atoms with Gasteiger partial charge in [0, 0.05) is 26.3 Å². The van der Waals surface area contributed by atoms with E-state index < -0.39 is 21.8 Å². The van der Waals surface area contributed by atoms with Gasteiger partial charge in [-0.2, -0.15) is 0 Å². The lowest BCUT2D eigenvalue weighted by Crippen LogP contribution is -2.35. The van der Waals surface area contributed by atoms with Crippen molar-refractivity contribution < 1.29 is 27.5 Å². The molecule has 0 aromatic heterocycles. The van der Waals surface area contributed by atoms with Crippen molar-refractivity contribution in [3.8, 4) is 11.5 Å². The van der Waals surface area contributed by atoms with Crippen molar-refractivity contribution in [1.29, 1.82) is 0 Å². The van der Waals surface area contributed by atoms with Crippen LogP contribution in [0.3, 0.4) is 0 Å². The maximum absolute atomic E-state index is 12.2. The lowest BCUT2D eigenvalue weighted by atomic mass is 10.2. The van der Waals surface area contributed by atoms with E-state index in [-0.39, 0.29) is 17.1 Å². The van der Waals surface area contributed by atoms with Gasteiger partial charge >= 0.3 is 11.8 Å². The highest BCUT2D eigenvalue weighted by molar-refractivity contribution is 7.89. The van der Waals surface area contributed by atoms with E-state index in [1.807, 2.05) is 6.92 Å². The minimum atomic E-state index is -3.66. The number of anilines is 1. The number of nitrogens with zero attached hydrogens (tertiary/aromatic N) is 1. The quantitative estimate of drug-likeness (QED) is 0.566. The van der Waals surface area contributed by atoms with Crippen molar-refractivity contribution in [1.82, 2.24) is 9.62 Å². The molecule has 0 saturated carbocycles. The highest BCUT2D eigenvalue weighted by Gasteiger charge is 2.19. The van der Waals surface area contributed by atoms with E-state index in [0.29, 0.717) is 18.1 Å². The van der Waals surface area contributed by atoms with Gasteiger partial charge in [-0.25, -0.2) is 12.7 Å². The summed E-state index contributed by atoms with van der Waals surface area (Å²) in [7, 11) is 0.680. The molecule has 31 heavy (non-hydrogen) atoms. The molecule has 0 radical (unpaired) electrons. The van der Waals surface area contributed by atoms with Gasteiger partial charge in [-0.1, -0.05) is 19.1 Å². The zero-order valence-corrected chi connectivity index (χ0v) is 18.8. The maximum Gasteiger partial charge on any atom is 0.313 e. The van der Waals surface area contributed by atoms with Crippen molar-refractivity contribution in [2.45, 2.75) is 24.8 Å². The Morgan fingerprint density at radius 3 is 2.42 bits per heavy atom. The van der Waals surface area contributed by atoms with Crippen molar-refractivity contribution in [3.63, 3.8) is 0 Å². The zero-order chi connectivity index (χ0) is 23.0. The van der Waals surface area contributed by atoms with Crippen LogP contribution in [0.4, 0.5) is 5.69 Å². The van der Waals surface area contributed by atoms with Gasteiger partial charge in [0.05, 0.1) is 18.6 Å². The van der Waals surface area contributed by atoms with Gasteiger partial charge in [-0.05, 0) is 42.3 Å². The van der Waals surface area contributed by atoms with Crippen LogP contribution in [0.15, 0.2) is 47.4 Å². The van der Waals surface area contributed by atoms with Crippen LogP contribution < -0.4 is 20.1 Å². The molecule has 0 aliphatic rings. The summed E-state index contributed by atoms with van der Waals surface area (Å²) in [6, 6.07) is 10.9. The molecule has 0 saturated heterocycles. The van der Waals surface area contributed by atoms with Crippen molar-refractivity contribution in [3.05, 3.63) is 48.0 Å². The van der Waals surface area contributed by atoms with Gasteiger partial charge in [0.2, 0.25) is 10.0 Å². The predicted molar refractivity (Wildman–Crippen MR) is 117 cm³/mol. The molecule has 0 spiro atoms. The lowest BCUT2D eigenvalue weighted by molar-refractivity contribution is -0.136. The molecule has 168 valence electrons. The third-order valence-electron chi connectivity index (χ3n) is 4.22. The molecule has 10 heteroatoms. The zero-order valence-electron chi connectivity index (χ0n) is 18.0. The van der Waals surface area contributed by atoms with E-state index >= 15 is 0 Å². The number of amides is 2. The second-order valence-electron chi connectivity index (χ2n) is 6.79. The van der Waals surface area contributed by atoms with E-state index in [0.717, 1.165) is 16.3 Å². The SMILES string of the molecule is CCCOc1ccc(CNC(=O)C(=O)Nc2cccc(S(=O)(=O)N(C)C)c2)cc1OC. The van der Waals surface area contributed by atoms with Gasteiger partial charge in [0.15, 0.2) is 11.5 Å². The fourth-order valence-electron chi connectivity index (χ4n) is 2.55. The molecular weight excluding hydrogens is 422 g/mol. The van der Waals surface area contributed by atoms with Gasteiger partial charge < -0.3 is 20.1 Å². The number of benzene rings is 2. The molecule has 9 nitrogen and oxygen atoms in total. The van der Waals surface area contributed by atoms with E-state index in [1.54, 1.807) is 18.2 Å². The molecule has 0 aliphatic heterocycles. The van der Waals surface area contributed by atoms with Crippen LogP contribution in [0.5, 0.6) is 11.5 Å². The lowest BCUT2D eigenvalue weighted by Gasteiger charge is -2.13. The number of hydrogen-bond acceptors (Lipinski definition) is 6. The Morgan fingerprint density at radius 1 is 1.03 bits per heavy atom. The van der Waals surface area contributed by atoms with Crippen LogP contribution in [0.1, 0.15) is 18.9 Å². The molecule has 0 fully saturated rings. The Labute approximate surface area is 182 Å². The van der Waals surface area contributed by atoms with Crippen LogP contribution in [0, 0.1) is 0 Å². The summed E-state index contributed by atoms with van der Waals surface area (Å²) in [4.78, 5) is 24.4. The van der Waals surface area contributed by atoms with Crippen LogP contribution in [-0.4, -0.2) is 52.3 Å². The summed E-state index contributed by atoms with van der Waals surface area (Å²) in [5.41, 5.74) is 0.920. The minimum Gasteiger partial charge on any atom is -0.493 e. The van der Waals surface area contributed by atoms with E-state index in [1.165, 1.54) is 45.5 Å². The van der Waals surface area contributed by atoms with Gasteiger partial charge in [-0.15, -0.1) is 0 Å². The molecule has 2 aromatic carbocycles. The van der Waals surface area contributed by atoms with E-state index in [9.17, 15) is 18.0 Å². The van der Waals surface area contributed by atoms with Crippen LogP contribution in [0.25, 0.3) is 0 Å². The molecule has 0 aliphatic carbocycles. The summed E-state index contributed by atoms with van der Waals surface area (Å²) in [5.74, 6) is -0.631. The number of carbonyl (C=O) groups is 2. The number of methoxy groups -OCH3 is 1. The van der Waals surface area contributed by atoms with Crippen LogP contribution >= 0.6 is 0 Å². The molecule has 2 amide bonds. The van der Waals surface area contributed by atoms with Gasteiger partial charge in [-0.3, -0.25) is 9.59 Å². The molecule has 2 N–H and O–H groups in total. The van der Waals surface area contributed by atoms with Crippen molar-refractivity contribution >= 4 is 27.5 Å². The number of rotatable bonds is 9. The first-order valence-electron chi connectivity index (χ1n) is 9.60. The van der Waals surface area contributed by atoms with Crippen LogP contribution in [0.2, 0.25) is 0 Å². The largest absolute Gasteiger partial charge is 0.493 e. The Bertz CT molecular complexity index is 1040. The smallest absolute Gasteiger partial charge is 0.313 e. The van der Waals surface area contributed by atoms with Crippen molar-refractivity contribution in [2.24, 2.45) is 0 Å². The number of nitrogens with one attached hydrogen (secondary N) is 2. The average Bonchev–Trinajstić information content (AvgIpc) is 2.76. The molecule has 0 bridgehead atoms. The molecule has 0 atom stereocenters. The molecule has 2 aromatic rings. The van der Waals surface area contributed by atoms with E-state index in [2.05, 4.69) is 10.6 Å².